The zero-order valence-electron chi connectivity index (χ0n) is 37.3. The van der Waals surface area contributed by atoms with Gasteiger partial charge in [-0.15, -0.1) is 0 Å². The van der Waals surface area contributed by atoms with Gasteiger partial charge in [0, 0.05) is 5.92 Å². The summed E-state index contributed by atoms with van der Waals surface area (Å²) < 4.78 is 44.0. The van der Waals surface area contributed by atoms with E-state index in [-0.39, 0.29) is 65.3 Å². The lowest BCUT2D eigenvalue weighted by Gasteiger charge is -2.65. The Morgan fingerprint density at radius 3 is 1.74 bits per heavy atom. The normalized spacial score (nSPS) is 58.5. The minimum Gasteiger partial charge on any atom is -0.393 e. The SMILES string of the molecule is CC(C)(O)[C@@H]1CC[C@](C)(C2[C@@H](O)C[C@@]3(C)C4C[C@H](OC5OCC(O)C(O)C5O)[C@H]5C(C)(C)[C@@H](OC6OCC(O)C(O)C6OC6OCC(O)C(O)C6O)CC[C@@]56C[C@@]46CC[C@]23C)O1. The fraction of sp³-hybridized carbons (Fsp3) is 1.00. The summed E-state index contributed by atoms with van der Waals surface area (Å²) in [5.74, 6) is -0.256. The molecule has 4 saturated heterocycles. The van der Waals surface area contributed by atoms with Crippen molar-refractivity contribution >= 4 is 0 Å². The molecule has 0 aromatic carbocycles. The maximum atomic E-state index is 12.3. The third kappa shape index (κ3) is 6.72. The minimum atomic E-state index is -1.65. The van der Waals surface area contributed by atoms with Gasteiger partial charge in [-0.25, -0.2) is 0 Å². The maximum Gasteiger partial charge on any atom is 0.186 e. The molecule has 0 bridgehead atoms. The van der Waals surface area contributed by atoms with Gasteiger partial charge in [0.15, 0.2) is 18.9 Å². The quantitative estimate of drug-likeness (QED) is 0.142. The minimum absolute atomic E-state index is 0.0927. The molecule has 0 radical (unpaired) electrons. The molecular weight excluding hydrogens is 812 g/mol. The Morgan fingerprint density at radius 2 is 1.15 bits per heavy atom. The van der Waals surface area contributed by atoms with E-state index >= 15 is 0 Å². The second-order valence-electron chi connectivity index (χ2n) is 23.0. The van der Waals surface area contributed by atoms with E-state index in [1.54, 1.807) is 13.8 Å². The van der Waals surface area contributed by atoms with Crippen molar-refractivity contribution in [2.45, 2.75) is 216 Å². The maximum absolute atomic E-state index is 12.3. The van der Waals surface area contributed by atoms with Crippen molar-refractivity contribution in [2.75, 3.05) is 19.8 Å². The standard InChI is InChI=1S/C45H74O17/c1-39(2)26(60-38-33(30(52)23(49)18-58-38)61-37-32(54)29(51)22(48)17-57-37)9-11-45-19-44(45)13-12-41(5)34(43(7)10-8-27(62-43)40(3,4)55)20(46)15-42(41,6)25(44)14-24(35(39)45)59-36-31(53)28(50)21(47)16-56-36/h20-38,46-55H,8-19H2,1-7H3/t20-,21?,22?,23?,24-,25?,26-,27-,28?,29?,30?,31?,32?,33?,34?,35-,36?,37?,38?,41+,42-,43+,44-,45+/m0/s1. The van der Waals surface area contributed by atoms with Crippen molar-refractivity contribution in [3.63, 3.8) is 0 Å². The van der Waals surface area contributed by atoms with E-state index in [9.17, 15) is 51.1 Å². The second-order valence-corrected chi connectivity index (χ2v) is 23.0. The Morgan fingerprint density at radius 1 is 0.565 bits per heavy atom. The van der Waals surface area contributed by atoms with Crippen LogP contribution in [0, 0.1) is 44.8 Å². The Hall–Kier alpha value is -0.680. The lowest BCUT2D eigenvalue weighted by molar-refractivity contribution is -0.359. The summed E-state index contributed by atoms with van der Waals surface area (Å²) in [6.07, 6.45) is -12.2. The van der Waals surface area contributed by atoms with E-state index in [0.717, 1.165) is 32.1 Å². The molecule has 62 heavy (non-hydrogen) atoms. The number of fused-ring (bicyclic) bond motifs is 2. The van der Waals surface area contributed by atoms with Crippen LogP contribution in [0.2, 0.25) is 0 Å². The second kappa shape index (κ2) is 15.4. The van der Waals surface area contributed by atoms with Crippen molar-refractivity contribution in [3.8, 4) is 0 Å². The molecule has 0 aromatic rings. The topological polar surface area (TPSA) is 267 Å². The third-order valence-corrected chi connectivity index (χ3v) is 18.9. The Bertz CT molecular complexity index is 1660. The van der Waals surface area contributed by atoms with Crippen LogP contribution in [0.5, 0.6) is 0 Å². The van der Waals surface area contributed by atoms with Gasteiger partial charge >= 0.3 is 0 Å². The van der Waals surface area contributed by atoms with Crippen molar-refractivity contribution in [1.82, 2.24) is 0 Å². The predicted molar refractivity (Wildman–Crippen MR) is 214 cm³/mol. The summed E-state index contributed by atoms with van der Waals surface area (Å²) in [5.41, 5.74) is -3.33. The number of hydrogen-bond acceptors (Lipinski definition) is 17. The molecule has 17 heteroatoms. The van der Waals surface area contributed by atoms with Crippen LogP contribution in [0.1, 0.15) is 106 Å². The van der Waals surface area contributed by atoms with Crippen LogP contribution in [0.3, 0.4) is 0 Å². The molecule has 10 N–H and O–H groups in total. The van der Waals surface area contributed by atoms with E-state index in [4.69, 9.17) is 33.2 Å². The van der Waals surface area contributed by atoms with E-state index in [0.29, 0.717) is 25.7 Å². The van der Waals surface area contributed by atoms with Gasteiger partial charge in [-0.2, -0.15) is 0 Å². The lowest BCUT2D eigenvalue weighted by Crippen LogP contribution is -2.65. The van der Waals surface area contributed by atoms with Gasteiger partial charge in [0.05, 0.1) is 55.4 Å². The summed E-state index contributed by atoms with van der Waals surface area (Å²) in [4.78, 5) is 0. The molecule has 5 saturated carbocycles. The molecule has 4 heterocycles. The Balaban J connectivity index is 1.03. The van der Waals surface area contributed by atoms with Crippen molar-refractivity contribution in [2.24, 2.45) is 44.8 Å². The molecule has 14 unspecified atom stereocenters. The smallest absolute Gasteiger partial charge is 0.186 e. The first kappa shape index (κ1) is 46.4. The molecule has 17 nitrogen and oxygen atoms in total. The highest BCUT2D eigenvalue weighted by Crippen LogP contribution is 2.89. The van der Waals surface area contributed by atoms with Gasteiger partial charge in [0.25, 0.3) is 0 Å². The van der Waals surface area contributed by atoms with Gasteiger partial charge in [0.1, 0.15) is 54.9 Å². The van der Waals surface area contributed by atoms with E-state index in [1.165, 1.54) is 0 Å². The summed E-state index contributed by atoms with van der Waals surface area (Å²) in [6, 6.07) is 0. The molecule has 5 aliphatic carbocycles. The molecule has 9 rings (SSSR count). The van der Waals surface area contributed by atoms with Crippen LogP contribution >= 0.6 is 0 Å². The molecule has 4 aliphatic heterocycles. The highest BCUT2D eigenvalue weighted by Gasteiger charge is 2.85. The largest absolute Gasteiger partial charge is 0.393 e. The average molecular weight is 887 g/mol. The molecule has 2 spiro atoms. The van der Waals surface area contributed by atoms with Crippen LogP contribution in [-0.2, 0) is 33.2 Å². The predicted octanol–water partition coefficient (Wildman–Crippen LogP) is -0.173. The van der Waals surface area contributed by atoms with Gasteiger partial charge in [-0.05, 0) is 117 Å². The van der Waals surface area contributed by atoms with E-state index in [2.05, 4.69) is 34.6 Å². The van der Waals surface area contributed by atoms with Crippen LogP contribution < -0.4 is 0 Å². The number of hydrogen-bond donors (Lipinski definition) is 10. The molecule has 0 amide bonds. The van der Waals surface area contributed by atoms with Gasteiger partial charge < -0.3 is 84.2 Å². The van der Waals surface area contributed by atoms with Crippen LogP contribution in [0.25, 0.3) is 0 Å². The number of aliphatic hydroxyl groups excluding tert-OH is 9. The summed E-state index contributed by atoms with van der Waals surface area (Å²) in [5, 5.41) is 109. The number of ether oxygens (including phenoxy) is 7. The first-order chi connectivity index (χ1) is 28.8. The number of aliphatic hydroxyl groups is 10. The highest BCUT2D eigenvalue weighted by molar-refractivity contribution is 5.33. The van der Waals surface area contributed by atoms with Crippen molar-refractivity contribution in [1.29, 1.82) is 0 Å². The van der Waals surface area contributed by atoms with E-state index < -0.39 is 109 Å². The van der Waals surface area contributed by atoms with Crippen molar-refractivity contribution < 1.29 is 84.2 Å². The van der Waals surface area contributed by atoms with Gasteiger partial charge in [0.2, 0.25) is 0 Å². The summed E-state index contributed by atoms with van der Waals surface area (Å²) in [7, 11) is 0. The van der Waals surface area contributed by atoms with Crippen LogP contribution in [0.4, 0.5) is 0 Å². The monoisotopic (exact) mass is 886 g/mol. The first-order valence-electron chi connectivity index (χ1n) is 23.2. The molecule has 0 aromatic heterocycles. The Kier molecular flexibility index (Phi) is 11.5. The zero-order valence-corrected chi connectivity index (χ0v) is 37.3. The average Bonchev–Trinajstić information content (AvgIpc) is 3.56. The van der Waals surface area contributed by atoms with Crippen molar-refractivity contribution in [3.05, 3.63) is 0 Å². The van der Waals surface area contributed by atoms with E-state index in [1.807, 2.05) is 0 Å². The number of rotatable bonds is 8. The van der Waals surface area contributed by atoms with Gasteiger partial charge in [-0.1, -0.05) is 27.7 Å². The fourth-order valence-corrected chi connectivity index (χ4v) is 15.8. The zero-order chi connectivity index (χ0) is 44.9. The van der Waals surface area contributed by atoms with Crippen LogP contribution in [0.15, 0.2) is 0 Å². The molecular formula is C45H74O17. The molecule has 9 aliphatic rings. The molecule has 24 atom stereocenters. The first-order valence-corrected chi connectivity index (χ1v) is 23.2. The highest BCUT2D eigenvalue weighted by atomic mass is 16.8. The third-order valence-electron chi connectivity index (χ3n) is 18.9. The fourth-order valence-electron chi connectivity index (χ4n) is 15.8. The van der Waals surface area contributed by atoms with Gasteiger partial charge in [-0.3, -0.25) is 0 Å². The Labute approximate surface area is 363 Å². The lowest BCUT2D eigenvalue weighted by atomic mass is 9.41. The molecule has 9 fully saturated rings. The molecule has 356 valence electrons. The van der Waals surface area contributed by atoms with Crippen LogP contribution in [-0.4, -0.2) is 180 Å². The summed E-state index contributed by atoms with van der Waals surface area (Å²) >= 11 is 0. The summed E-state index contributed by atoms with van der Waals surface area (Å²) in [6.45, 7) is 13.8.